The number of aromatic nitrogens is 1. The first-order chi connectivity index (χ1) is 26.6. The van der Waals surface area contributed by atoms with Gasteiger partial charge < -0.3 is 29.7 Å². The molecule has 56 heavy (non-hydrogen) atoms. The number of nitrogens with zero attached hydrogens (tertiary/aromatic N) is 2. The number of alkyl carbamates (subject to hydrolysis) is 1. The summed E-state index contributed by atoms with van der Waals surface area (Å²) in [6, 6.07) is 5.47. The zero-order valence-corrected chi connectivity index (χ0v) is 34.0. The highest BCUT2D eigenvalue weighted by Gasteiger charge is 2.55. The minimum absolute atomic E-state index is 0.0192. The Bertz CT molecular complexity index is 1960. The van der Waals surface area contributed by atoms with E-state index in [-0.39, 0.29) is 37.3 Å². The molecule has 2 bridgehead atoms. The van der Waals surface area contributed by atoms with Crippen LogP contribution >= 0.6 is 0 Å². The van der Waals surface area contributed by atoms with E-state index in [4.69, 9.17) is 19.2 Å². The molecule has 14 nitrogen and oxygen atoms in total. The number of amides is 4. The Balaban J connectivity index is 1.23. The lowest BCUT2D eigenvalue weighted by Gasteiger charge is -2.47. The van der Waals surface area contributed by atoms with Crippen molar-refractivity contribution < 1.29 is 41.8 Å². The van der Waals surface area contributed by atoms with Crippen molar-refractivity contribution in [2.45, 2.75) is 146 Å². The van der Waals surface area contributed by atoms with Crippen molar-refractivity contribution >= 4 is 44.7 Å². The number of carbonyl (C=O) groups is 4. The summed E-state index contributed by atoms with van der Waals surface area (Å²) in [5, 5.41) is 6.00. The maximum absolute atomic E-state index is 14.8. The van der Waals surface area contributed by atoms with Crippen LogP contribution in [0.3, 0.4) is 0 Å². The van der Waals surface area contributed by atoms with Gasteiger partial charge in [-0.05, 0) is 106 Å². The van der Waals surface area contributed by atoms with Crippen LogP contribution in [0, 0.1) is 17.3 Å². The molecule has 1 aromatic heterocycles. The van der Waals surface area contributed by atoms with Gasteiger partial charge in [-0.2, -0.15) is 0 Å². The van der Waals surface area contributed by atoms with Crippen LogP contribution in [0.2, 0.25) is 0 Å². The number of nitrogens with one attached hydrogen (secondary N) is 3. The number of hydrogen-bond donors (Lipinski definition) is 3. The van der Waals surface area contributed by atoms with Crippen LogP contribution < -0.4 is 24.8 Å². The van der Waals surface area contributed by atoms with Crippen LogP contribution in [-0.4, -0.2) is 90.9 Å². The molecule has 3 heterocycles. The number of benzene rings is 1. The molecule has 4 amide bonds. The molecule has 15 heteroatoms. The van der Waals surface area contributed by atoms with E-state index in [0.29, 0.717) is 37.2 Å². The number of pyridine rings is 1. The van der Waals surface area contributed by atoms with Gasteiger partial charge in [0.2, 0.25) is 21.8 Å². The Morgan fingerprint density at radius 2 is 1.77 bits per heavy atom. The van der Waals surface area contributed by atoms with E-state index in [2.05, 4.69) is 15.4 Å². The van der Waals surface area contributed by atoms with Crippen molar-refractivity contribution in [3.05, 3.63) is 30.0 Å². The normalized spacial score (nSPS) is 30.3. The standard InChI is InChI=1S/C41H57N5O9S/c1-24-18-19-41(24,38(49)45-56(51,52)29-15-16-29)44-36(47)32-22-28-23-46(32)37(48)35(40(2,3)4)43-39(50)55-33-13-9-11-25(33)10-7-6-8-12-31-34(54-28)21-26-20-27(53-5)14-17-30(26)42-31/h14,17,20-21,24-25,28-29,32-33,35H,6-13,15-16,18-19,22-23H2,1-5H3,(H,43,50)(H,44,47)(H,45,49). The summed E-state index contributed by atoms with van der Waals surface area (Å²) in [6.07, 6.45) is 7.49. The predicted octanol–water partition coefficient (Wildman–Crippen LogP) is 4.91. The first-order valence-electron chi connectivity index (χ1n) is 20.4. The molecule has 5 aliphatic rings. The van der Waals surface area contributed by atoms with Gasteiger partial charge in [0, 0.05) is 11.8 Å². The Hall–Kier alpha value is -4.14. The van der Waals surface area contributed by atoms with E-state index in [1.54, 1.807) is 14.0 Å². The quantitative estimate of drug-likeness (QED) is 0.364. The van der Waals surface area contributed by atoms with Gasteiger partial charge in [-0.25, -0.2) is 18.2 Å². The molecule has 0 spiro atoms. The lowest BCUT2D eigenvalue weighted by molar-refractivity contribution is -0.146. The van der Waals surface area contributed by atoms with Crippen molar-refractivity contribution in [3.8, 4) is 11.5 Å². The molecule has 7 atom stereocenters. The fourth-order valence-electron chi connectivity index (χ4n) is 8.89. The summed E-state index contributed by atoms with van der Waals surface area (Å²) < 4.78 is 46.1. The summed E-state index contributed by atoms with van der Waals surface area (Å²) in [5.74, 6) is -0.713. The summed E-state index contributed by atoms with van der Waals surface area (Å²) in [6.45, 7) is 7.35. The highest BCUT2D eigenvalue weighted by Crippen LogP contribution is 2.41. The van der Waals surface area contributed by atoms with Crippen molar-refractivity contribution in [1.82, 2.24) is 25.2 Å². The summed E-state index contributed by atoms with van der Waals surface area (Å²) in [5.41, 5.74) is -0.655. The van der Waals surface area contributed by atoms with E-state index in [9.17, 15) is 27.6 Å². The van der Waals surface area contributed by atoms with Crippen molar-refractivity contribution in [3.63, 3.8) is 0 Å². The molecule has 3 saturated carbocycles. The Labute approximate surface area is 329 Å². The number of methoxy groups -OCH3 is 1. The van der Waals surface area contributed by atoms with Crippen LogP contribution in [0.15, 0.2) is 24.3 Å². The molecule has 7 rings (SSSR count). The molecular formula is C41H57N5O9S. The van der Waals surface area contributed by atoms with Crippen LogP contribution in [-0.2, 0) is 35.6 Å². The summed E-state index contributed by atoms with van der Waals surface area (Å²) in [7, 11) is -2.27. The third kappa shape index (κ3) is 8.29. The predicted molar refractivity (Wildman–Crippen MR) is 208 cm³/mol. The van der Waals surface area contributed by atoms with Crippen LogP contribution in [0.4, 0.5) is 4.79 Å². The fraction of sp³-hybridized carbons (Fsp3) is 0.683. The molecule has 3 aliphatic carbocycles. The lowest BCUT2D eigenvalue weighted by Crippen LogP contribution is -2.70. The Morgan fingerprint density at radius 1 is 1.00 bits per heavy atom. The number of hydrogen-bond acceptors (Lipinski definition) is 10. The zero-order chi connectivity index (χ0) is 40.0. The Kier molecular flexibility index (Phi) is 11.2. The number of fused-ring (bicyclic) bond motifs is 5. The van der Waals surface area contributed by atoms with Gasteiger partial charge in [-0.15, -0.1) is 0 Å². The number of carbonyl (C=O) groups excluding carboxylic acids is 4. The molecule has 2 aliphatic heterocycles. The van der Waals surface area contributed by atoms with Gasteiger partial charge in [-0.1, -0.05) is 40.5 Å². The van der Waals surface area contributed by atoms with Crippen LogP contribution in [0.1, 0.15) is 110 Å². The highest BCUT2D eigenvalue weighted by atomic mass is 32.2. The molecular weight excluding hydrogens is 739 g/mol. The van der Waals surface area contributed by atoms with Gasteiger partial charge in [0.25, 0.3) is 5.91 Å². The second-order valence-electron chi connectivity index (χ2n) is 17.7. The lowest BCUT2D eigenvalue weighted by atomic mass is 9.67. The maximum atomic E-state index is 14.8. The second kappa shape index (κ2) is 15.7. The van der Waals surface area contributed by atoms with E-state index in [1.165, 1.54) is 4.90 Å². The number of aryl methyl sites for hydroxylation is 1. The second-order valence-corrected chi connectivity index (χ2v) is 19.7. The largest absolute Gasteiger partial charge is 0.497 e. The van der Waals surface area contributed by atoms with E-state index in [0.717, 1.165) is 61.5 Å². The van der Waals surface area contributed by atoms with Gasteiger partial charge in [0.1, 0.15) is 41.3 Å². The van der Waals surface area contributed by atoms with Crippen LogP contribution in [0.25, 0.3) is 10.9 Å². The van der Waals surface area contributed by atoms with Crippen LogP contribution in [0.5, 0.6) is 11.5 Å². The van der Waals surface area contributed by atoms with Gasteiger partial charge in [0.05, 0.1) is 30.1 Å². The minimum Gasteiger partial charge on any atom is -0.497 e. The van der Waals surface area contributed by atoms with Crippen molar-refractivity contribution in [2.24, 2.45) is 17.3 Å². The van der Waals surface area contributed by atoms with E-state index < -0.39 is 68.2 Å². The van der Waals surface area contributed by atoms with Gasteiger partial charge in [0.15, 0.2) is 0 Å². The highest BCUT2D eigenvalue weighted by molar-refractivity contribution is 7.91. The molecule has 7 unspecified atom stereocenters. The molecule has 1 saturated heterocycles. The van der Waals surface area contributed by atoms with E-state index in [1.807, 2.05) is 45.0 Å². The molecule has 3 N–H and O–H groups in total. The molecule has 1 aromatic carbocycles. The SMILES string of the molecule is COc1ccc2nc3c(cc2c1)OC1CC(C(=O)NC2(C(=O)NS(=O)(=O)C4CC4)CCC2C)N(C1)C(=O)C(C(C)(C)C)NC(=O)OC1CCCC1CCCCC3. The topological polar surface area (TPSA) is 182 Å². The average Bonchev–Trinajstić information content (AvgIpc) is 3.81. The average molecular weight is 796 g/mol. The maximum Gasteiger partial charge on any atom is 0.408 e. The molecule has 2 aromatic rings. The van der Waals surface area contributed by atoms with Gasteiger partial charge >= 0.3 is 6.09 Å². The minimum atomic E-state index is -3.87. The molecule has 0 radical (unpaired) electrons. The van der Waals surface area contributed by atoms with Crippen molar-refractivity contribution in [1.29, 1.82) is 0 Å². The summed E-state index contributed by atoms with van der Waals surface area (Å²) in [4.78, 5) is 63.0. The molecule has 306 valence electrons. The fourth-order valence-corrected chi connectivity index (χ4v) is 10.3. The number of sulfonamides is 1. The summed E-state index contributed by atoms with van der Waals surface area (Å²) >= 11 is 0. The zero-order valence-electron chi connectivity index (χ0n) is 33.2. The third-order valence-corrected chi connectivity index (χ3v) is 14.5. The smallest absolute Gasteiger partial charge is 0.408 e. The monoisotopic (exact) mass is 795 g/mol. The van der Waals surface area contributed by atoms with E-state index >= 15 is 0 Å². The van der Waals surface area contributed by atoms with Gasteiger partial charge in [-0.3, -0.25) is 19.1 Å². The first kappa shape index (κ1) is 40.1. The van der Waals surface area contributed by atoms with Crippen molar-refractivity contribution in [2.75, 3.05) is 13.7 Å². The third-order valence-electron chi connectivity index (χ3n) is 12.7. The Morgan fingerprint density at radius 3 is 2.45 bits per heavy atom. The first-order valence-corrected chi connectivity index (χ1v) is 21.9. The number of rotatable bonds is 6. The number of ether oxygens (including phenoxy) is 3. The molecule has 4 fully saturated rings.